The van der Waals surface area contributed by atoms with Crippen molar-refractivity contribution in [2.75, 3.05) is 0 Å². The summed E-state index contributed by atoms with van der Waals surface area (Å²) in [5, 5.41) is 17.1. The minimum absolute atomic E-state index is 0.0812. The zero-order valence-corrected chi connectivity index (χ0v) is 12.1. The minimum Gasteiger partial charge on any atom is -0.484 e. The molecule has 3 aliphatic carbocycles. The molecule has 3 fully saturated rings. The first-order valence-corrected chi connectivity index (χ1v) is 7.76. The van der Waals surface area contributed by atoms with E-state index in [0.717, 1.165) is 16.2 Å². The summed E-state index contributed by atoms with van der Waals surface area (Å²) in [6.45, 7) is 7.17. The van der Waals surface area contributed by atoms with Crippen molar-refractivity contribution in [2.24, 2.45) is 17.3 Å². The standard InChI is InChI=1S/C12H18N2OS2/c1-11(2)7-4-5-12(3,8(11)6-7)17-10-14-13-9(15)16-10/h7-8H,4-6H2,1-3H3,(H,13,15). The second-order valence-corrected chi connectivity index (χ2v) is 8.85. The van der Waals surface area contributed by atoms with Gasteiger partial charge in [-0.3, -0.25) is 0 Å². The lowest BCUT2D eigenvalue weighted by atomic mass is 9.45. The van der Waals surface area contributed by atoms with Gasteiger partial charge in [0, 0.05) is 4.75 Å². The van der Waals surface area contributed by atoms with E-state index in [0.29, 0.717) is 5.41 Å². The van der Waals surface area contributed by atoms with Crippen molar-refractivity contribution in [1.82, 2.24) is 10.2 Å². The number of fused-ring (bicyclic) bond motifs is 2. The molecule has 3 aliphatic rings. The largest absolute Gasteiger partial charge is 0.484 e. The van der Waals surface area contributed by atoms with E-state index in [1.807, 2.05) is 11.8 Å². The maximum Gasteiger partial charge on any atom is 0.292 e. The summed E-state index contributed by atoms with van der Waals surface area (Å²) in [5.41, 5.74) is 0.479. The lowest BCUT2D eigenvalue weighted by Crippen LogP contribution is -2.58. The van der Waals surface area contributed by atoms with Crippen molar-refractivity contribution in [3.63, 3.8) is 0 Å². The topological polar surface area (TPSA) is 46.0 Å². The van der Waals surface area contributed by atoms with Crippen LogP contribution in [0, 0.1) is 17.3 Å². The van der Waals surface area contributed by atoms with Crippen LogP contribution in [0.25, 0.3) is 0 Å². The van der Waals surface area contributed by atoms with Crippen LogP contribution in [-0.2, 0) is 0 Å². The van der Waals surface area contributed by atoms with Crippen LogP contribution in [0.1, 0.15) is 40.0 Å². The number of aromatic nitrogens is 2. The maximum absolute atomic E-state index is 9.28. The van der Waals surface area contributed by atoms with Gasteiger partial charge >= 0.3 is 0 Å². The van der Waals surface area contributed by atoms with Gasteiger partial charge in [-0.15, -0.1) is 5.10 Å². The van der Waals surface area contributed by atoms with E-state index in [1.165, 1.54) is 30.6 Å². The molecule has 94 valence electrons. The molecule has 5 heteroatoms. The molecule has 3 saturated carbocycles. The summed E-state index contributed by atoms with van der Waals surface area (Å²) in [6.07, 6.45) is 3.95. The zero-order valence-electron chi connectivity index (χ0n) is 10.4. The van der Waals surface area contributed by atoms with Gasteiger partial charge in [0.1, 0.15) is 0 Å². The Labute approximate surface area is 110 Å². The van der Waals surface area contributed by atoms with Gasteiger partial charge in [-0.2, -0.15) is 0 Å². The molecule has 2 bridgehead atoms. The highest BCUT2D eigenvalue weighted by Crippen LogP contribution is 2.67. The number of thioether (sulfide) groups is 1. The Morgan fingerprint density at radius 3 is 2.65 bits per heavy atom. The maximum atomic E-state index is 9.28. The third kappa shape index (κ3) is 1.70. The van der Waals surface area contributed by atoms with Gasteiger partial charge in [-0.25, -0.2) is 0 Å². The van der Waals surface area contributed by atoms with Gasteiger partial charge in [0.25, 0.3) is 5.19 Å². The van der Waals surface area contributed by atoms with Crippen molar-refractivity contribution in [3.8, 4) is 5.19 Å². The van der Waals surface area contributed by atoms with Crippen molar-refractivity contribution in [3.05, 3.63) is 0 Å². The smallest absolute Gasteiger partial charge is 0.292 e. The van der Waals surface area contributed by atoms with Gasteiger partial charge in [0.2, 0.25) is 0 Å². The summed E-state index contributed by atoms with van der Waals surface area (Å²) >= 11 is 3.12. The van der Waals surface area contributed by atoms with Crippen LogP contribution in [0.3, 0.4) is 0 Å². The second-order valence-electron chi connectivity index (χ2n) is 6.11. The van der Waals surface area contributed by atoms with Crippen LogP contribution >= 0.6 is 23.1 Å². The molecule has 17 heavy (non-hydrogen) atoms. The van der Waals surface area contributed by atoms with E-state index in [9.17, 15) is 5.11 Å². The number of aromatic hydroxyl groups is 1. The molecule has 0 aliphatic heterocycles. The number of rotatable bonds is 2. The number of hydrogen-bond donors (Lipinski definition) is 1. The molecular weight excluding hydrogens is 252 g/mol. The highest BCUT2D eigenvalue weighted by molar-refractivity contribution is 8.02. The first-order chi connectivity index (χ1) is 7.92. The molecule has 3 atom stereocenters. The lowest BCUT2D eigenvalue weighted by molar-refractivity contribution is -0.0851. The number of hydrogen-bond acceptors (Lipinski definition) is 5. The third-order valence-corrected chi connectivity index (χ3v) is 7.14. The molecule has 0 amide bonds. The molecule has 1 aromatic heterocycles. The van der Waals surface area contributed by atoms with Crippen molar-refractivity contribution in [1.29, 1.82) is 0 Å². The highest BCUT2D eigenvalue weighted by atomic mass is 32.2. The van der Waals surface area contributed by atoms with E-state index >= 15 is 0 Å². The molecule has 1 heterocycles. The fourth-order valence-electron chi connectivity index (χ4n) is 3.74. The molecule has 1 aromatic rings. The van der Waals surface area contributed by atoms with Crippen LogP contribution in [-0.4, -0.2) is 20.1 Å². The predicted octanol–water partition coefficient (Wildman–Crippen LogP) is 3.55. The molecule has 4 rings (SSSR count). The van der Waals surface area contributed by atoms with E-state index in [2.05, 4.69) is 31.0 Å². The summed E-state index contributed by atoms with van der Waals surface area (Å²) in [6, 6.07) is 0. The quantitative estimate of drug-likeness (QED) is 0.892. The third-order valence-electron chi connectivity index (χ3n) is 4.91. The number of nitrogens with zero attached hydrogens (tertiary/aromatic N) is 2. The van der Waals surface area contributed by atoms with Crippen LogP contribution in [0.2, 0.25) is 0 Å². The second kappa shape index (κ2) is 3.60. The average Bonchev–Trinajstić information content (AvgIpc) is 2.62. The lowest BCUT2D eigenvalue weighted by Gasteiger charge is -2.64. The van der Waals surface area contributed by atoms with Gasteiger partial charge in [-0.1, -0.05) is 30.7 Å². The Kier molecular flexibility index (Phi) is 2.50. The Bertz CT molecular complexity index is 443. The first kappa shape index (κ1) is 11.8. The van der Waals surface area contributed by atoms with Crippen molar-refractivity contribution < 1.29 is 5.11 Å². The summed E-state index contributed by atoms with van der Waals surface area (Å²) < 4.78 is 1.18. The summed E-state index contributed by atoms with van der Waals surface area (Å²) in [7, 11) is 0. The first-order valence-electron chi connectivity index (χ1n) is 6.13. The highest BCUT2D eigenvalue weighted by Gasteiger charge is 2.59. The van der Waals surface area contributed by atoms with Crippen LogP contribution in [0.4, 0.5) is 0 Å². The SMILES string of the molecule is CC1(Sc2nnc(O)s2)CCC2CC1C2(C)C. The average molecular weight is 270 g/mol. The Morgan fingerprint density at radius 2 is 2.12 bits per heavy atom. The minimum atomic E-state index is 0.0812. The molecule has 1 N–H and O–H groups in total. The molecular formula is C12H18N2OS2. The van der Waals surface area contributed by atoms with Crippen LogP contribution in [0.5, 0.6) is 5.19 Å². The van der Waals surface area contributed by atoms with E-state index < -0.39 is 0 Å². The Morgan fingerprint density at radius 1 is 1.35 bits per heavy atom. The molecule has 0 aromatic carbocycles. The van der Waals surface area contributed by atoms with Crippen molar-refractivity contribution in [2.45, 2.75) is 49.1 Å². The molecule has 0 spiro atoms. The fourth-order valence-corrected chi connectivity index (χ4v) is 6.27. The molecule has 3 nitrogen and oxygen atoms in total. The van der Waals surface area contributed by atoms with Crippen LogP contribution in [0.15, 0.2) is 4.34 Å². The van der Waals surface area contributed by atoms with Gasteiger partial charge in [-0.05, 0) is 54.8 Å². The van der Waals surface area contributed by atoms with Gasteiger partial charge < -0.3 is 5.11 Å². The summed E-state index contributed by atoms with van der Waals surface area (Å²) in [5.74, 6) is 1.69. The Balaban J connectivity index is 1.82. The summed E-state index contributed by atoms with van der Waals surface area (Å²) in [4.78, 5) is 0. The van der Waals surface area contributed by atoms with E-state index in [4.69, 9.17) is 0 Å². The van der Waals surface area contributed by atoms with Crippen LogP contribution < -0.4 is 0 Å². The molecule has 0 radical (unpaired) electrons. The van der Waals surface area contributed by atoms with Crippen molar-refractivity contribution >= 4 is 23.1 Å². The fraction of sp³-hybridized carbons (Fsp3) is 0.833. The van der Waals surface area contributed by atoms with E-state index in [-0.39, 0.29) is 9.94 Å². The predicted molar refractivity (Wildman–Crippen MR) is 70.4 cm³/mol. The van der Waals surface area contributed by atoms with E-state index in [1.54, 1.807) is 0 Å². The van der Waals surface area contributed by atoms with Gasteiger partial charge in [0.15, 0.2) is 4.34 Å². The van der Waals surface area contributed by atoms with Gasteiger partial charge in [0.05, 0.1) is 0 Å². The Hall–Kier alpha value is -0.290. The molecule has 0 saturated heterocycles. The zero-order chi connectivity index (χ0) is 12.3. The monoisotopic (exact) mass is 270 g/mol. The normalized spacial score (nSPS) is 38.8. The molecule has 3 unspecified atom stereocenters.